The number of nitrogens with zero attached hydrogens (tertiary/aromatic N) is 1. The van der Waals surface area contributed by atoms with E-state index in [1.807, 2.05) is 30.3 Å². The second-order valence-electron chi connectivity index (χ2n) is 3.80. The lowest BCUT2D eigenvalue weighted by Crippen LogP contribution is -1.96. The Bertz CT molecular complexity index is 553. The Morgan fingerprint density at radius 3 is 2.59 bits per heavy atom. The van der Waals surface area contributed by atoms with Crippen LogP contribution in [-0.4, -0.2) is 4.92 Å². The smallest absolute Gasteiger partial charge is 0.269 e. The van der Waals surface area contributed by atoms with Gasteiger partial charge in [-0.1, -0.05) is 30.3 Å². The van der Waals surface area contributed by atoms with Crippen LogP contribution < -0.4 is 5.73 Å². The molecule has 2 aromatic carbocycles. The van der Waals surface area contributed by atoms with Gasteiger partial charge in [-0.2, -0.15) is 0 Å². The summed E-state index contributed by atoms with van der Waals surface area (Å²) in [4.78, 5) is 10.3. The molecule has 2 N–H and O–H groups in total. The minimum atomic E-state index is -0.391. The summed E-state index contributed by atoms with van der Waals surface area (Å²) in [5, 5.41) is 10.7. The van der Waals surface area contributed by atoms with Gasteiger partial charge in [0.2, 0.25) is 0 Å². The number of para-hydroxylation sites is 1. The predicted molar refractivity (Wildman–Crippen MR) is 66.8 cm³/mol. The van der Waals surface area contributed by atoms with Gasteiger partial charge in [-0.15, -0.1) is 0 Å². The number of nitro benzene ring substituents is 1. The fourth-order valence-corrected chi connectivity index (χ4v) is 1.70. The SMILES string of the molecule is Nc1ccccc1Cc1cccc([N+](=O)[O-])c1. The molecule has 0 radical (unpaired) electrons. The largest absolute Gasteiger partial charge is 0.398 e. The quantitative estimate of drug-likeness (QED) is 0.499. The summed E-state index contributed by atoms with van der Waals surface area (Å²) in [6, 6.07) is 14.1. The molecule has 2 rings (SSSR count). The number of non-ortho nitro benzene ring substituents is 1. The van der Waals surface area contributed by atoms with E-state index in [0.29, 0.717) is 12.1 Å². The van der Waals surface area contributed by atoms with Gasteiger partial charge in [0.25, 0.3) is 5.69 Å². The fraction of sp³-hybridized carbons (Fsp3) is 0.0769. The second kappa shape index (κ2) is 4.65. The van der Waals surface area contributed by atoms with E-state index in [1.54, 1.807) is 12.1 Å². The van der Waals surface area contributed by atoms with Gasteiger partial charge in [0.15, 0.2) is 0 Å². The van der Waals surface area contributed by atoms with E-state index in [9.17, 15) is 10.1 Å². The van der Waals surface area contributed by atoms with Crippen molar-refractivity contribution >= 4 is 11.4 Å². The molecule has 0 heterocycles. The Labute approximate surface area is 98.8 Å². The van der Waals surface area contributed by atoms with Crippen LogP contribution in [0.1, 0.15) is 11.1 Å². The number of nitro groups is 1. The van der Waals surface area contributed by atoms with Crippen molar-refractivity contribution in [3.05, 3.63) is 69.8 Å². The Morgan fingerprint density at radius 2 is 1.88 bits per heavy atom. The molecule has 0 aliphatic rings. The number of hydrogen-bond acceptors (Lipinski definition) is 3. The third-order valence-electron chi connectivity index (χ3n) is 2.57. The zero-order valence-electron chi connectivity index (χ0n) is 9.17. The van der Waals surface area contributed by atoms with Gasteiger partial charge in [0, 0.05) is 17.8 Å². The number of benzene rings is 2. The standard InChI is InChI=1S/C13H12N2O2/c14-13-7-2-1-5-11(13)8-10-4-3-6-12(9-10)15(16)17/h1-7,9H,8,14H2. The summed E-state index contributed by atoms with van der Waals surface area (Å²) >= 11 is 0. The van der Waals surface area contributed by atoms with Gasteiger partial charge >= 0.3 is 0 Å². The minimum absolute atomic E-state index is 0.108. The van der Waals surface area contributed by atoms with Crippen LogP contribution in [0.2, 0.25) is 0 Å². The number of hydrogen-bond donors (Lipinski definition) is 1. The maximum Gasteiger partial charge on any atom is 0.269 e. The summed E-state index contributed by atoms with van der Waals surface area (Å²) < 4.78 is 0. The van der Waals surface area contributed by atoms with E-state index in [2.05, 4.69) is 0 Å². The Balaban J connectivity index is 2.28. The summed E-state index contributed by atoms with van der Waals surface area (Å²) in [5.41, 5.74) is 8.51. The molecule has 0 fully saturated rings. The van der Waals surface area contributed by atoms with Crippen LogP contribution in [-0.2, 0) is 6.42 Å². The zero-order chi connectivity index (χ0) is 12.3. The Morgan fingerprint density at radius 1 is 1.12 bits per heavy atom. The highest BCUT2D eigenvalue weighted by atomic mass is 16.6. The second-order valence-corrected chi connectivity index (χ2v) is 3.80. The summed E-state index contributed by atoms with van der Waals surface area (Å²) in [5.74, 6) is 0. The van der Waals surface area contributed by atoms with Crippen molar-refractivity contribution < 1.29 is 4.92 Å². The molecule has 0 unspecified atom stereocenters. The van der Waals surface area contributed by atoms with E-state index in [4.69, 9.17) is 5.73 Å². The lowest BCUT2D eigenvalue weighted by atomic mass is 10.0. The van der Waals surface area contributed by atoms with E-state index in [1.165, 1.54) is 6.07 Å². The van der Waals surface area contributed by atoms with Crippen molar-refractivity contribution in [3.8, 4) is 0 Å². The monoisotopic (exact) mass is 228 g/mol. The Hall–Kier alpha value is -2.36. The predicted octanol–water partition coefficient (Wildman–Crippen LogP) is 2.77. The minimum Gasteiger partial charge on any atom is -0.398 e. The lowest BCUT2D eigenvalue weighted by molar-refractivity contribution is -0.384. The first-order valence-electron chi connectivity index (χ1n) is 5.23. The highest BCUT2D eigenvalue weighted by molar-refractivity contribution is 5.49. The van der Waals surface area contributed by atoms with Crippen LogP contribution in [0.5, 0.6) is 0 Å². The highest BCUT2D eigenvalue weighted by Gasteiger charge is 2.06. The van der Waals surface area contributed by atoms with Crippen molar-refractivity contribution in [2.45, 2.75) is 6.42 Å². The number of nitrogens with two attached hydrogens (primary N) is 1. The maximum absolute atomic E-state index is 10.7. The summed E-state index contributed by atoms with van der Waals surface area (Å²) in [7, 11) is 0. The highest BCUT2D eigenvalue weighted by Crippen LogP contribution is 2.19. The topological polar surface area (TPSA) is 69.2 Å². The zero-order valence-corrected chi connectivity index (χ0v) is 9.17. The third-order valence-corrected chi connectivity index (χ3v) is 2.57. The molecule has 0 bridgehead atoms. The average molecular weight is 228 g/mol. The van der Waals surface area contributed by atoms with Crippen LogP contribution in [0.3, 0.4) is 0 Å². The molecule has 0 atom stereocenters. The number of anilines is 1. The molecule has 0 saturated heterocycles. The maximum atomic E-state index is 10.7. The van der Waals surface area contributed by atoms with Gasteiger partial charge < -0.3 is 5.73 Å². The normalized spacial score (nSPS) is 10.1. The van der Waals surface area contributed by atoms with Crippen molar-refractivity contribution in [1.29, 1.82) is 0 Å². The molecular formula is C13H12N2O2. The molecule has 86 valence electrons. The van der Waals surface area contributed by atoms with E-state index in [-0.39, 0.29) is 5.69 Å². The first-order valence-corrected chi connectivity index (χ1v) is 5.23. The third kappa shape index (κ3) is 2.60. The number of rotatable bonds is 3. The van der Waals surface area contributed by atoms with Crippen molar-refractivity contribution in [2.24, 2.45) is 0 Å². The van der Waals surface area contributed by atoms with Crippen molar-refractivity contribution in [3.63, 3.8) is 0 Å². The Kier molecular flexibility index (Phi) is 3.05. The molecule has 0 saturated carbocycles. The fourth-order valence-electron chi connectivity index (χ4n) is 1.70. The van der Waals surface area contributed by atoms with Crippen LogP contribution in [0.4, 0.5) is 11.4 Å². The molecular weight excluding hydrogens is 216 g/mol. The number of nitrogen functional groups attached to an aromatic ring is 1. The van der Waals surface area contributed by atoms with Crippen molar-refractivity contribution in [1.82, 2.24) is 0 Å². The average Bonchev–Trinajstić information content (AvgIpc) is 2.32. The molecule has 0 aliphatic carbocycles. The molecule has 0 aromatic heterocycles. The van der Waals surface area contributed by atoms with Crippen LogP contribution in [0.25, 0.3) is 0 Å². The van der Waals surface area contributed by atoms with Gasteiger partial charge in [0.1, 0.15) is 0 Å². The van der Waals surface area contributed by atoms with Crippen LogP contribution in [0, 0.1) is 10.1 Å². The first kappa shape index (κ1) is 11.1. The molecule has 17 heavy (non-hydrogen) atoms. The van der Waals surface area contributed by atoms with Gasteiger partial charge in [-0.25, -0.2) is 0 Å². The molecule has 2 aromatic rings. The van der Waals surface area contributed by atoms with E-state index in [0.717, 1.165) is 11.1 Å². The van der Waals surface area contributed by atoms with E-state index < -0.39 is 4.92 Å². The van der Waals surface area contributed by atoms with Gasteiger partial charge in [0.05, 0.1) is 4.92 Å². The van der Waals surface area contributed by atoms with E-state index >= 15 is 0 Å². The van der Waals surface area contributed by atoms with Crippen LogP contribution in [0.15, 0.2) is 48.5 Å². The summed E-state index contributed by atoms with van der Waals surface area (Å²) in [6.07, 6.45) is 0.606. The molecule has 0 amide bonds. The first-order chi connectivity index (χ1) is 8.16. The molecule has 4 nitrogen and oxygen atoms in total. The van der Waals surface area contributed by atoms with Gasteiger partial charge in [-0.05, 0) is 23.6 Å². The van der Waals surface area contributed by atoms with Crippen molar-refractivity contribution in [2.75, 3.05) is 5.73 Å². The lowest BCUT2D eigenvalue weighted by Gasteiger charge is -2.05. The summed E-state index contributed by atoms with van der Waals surface area (Å²) in [6.45, 7) is 0. The van der Waals surface area contributed by atoms with Gasteiger partial charge in [-0.3, -0.25) is 10.1 Å². The molecule has 0 spiro atoms. The molecule has 0 aliphatic heterocycles. The molecule has 4 heteroatoms. The van der Waals surface area contributed by atoms with Crippen LogP contribution >= 0.6 is 0 Å².